The smallest absolute Gasteiger partial charge is 0.296 e. The molecule has 1 aromatic carbocycles. The van der Waals surface area contributed by atoms with Gasteiger partial charge in [-0.2, -0.15) is 8.42 Å². The fraction of sp³-hybridized carbons (Fsp3) is 0.333. The third-order valence-corrected chi connectivity index (χ3v) is 5.51. The minimum Gasteiger partial charge on any atom is -0.387 e. The van der Waals surface area contributed by atoms with Crippen LogP contribution in [0.4, 0.5) is 5.69 Å². The molecule has 0 aliphatic carbocycles. The highest BCUT2D eigenvalue weighted by atomic mass is 35.5. The van der Waals surface area contributed by atoms with Crippen molar-refractivity contribution in [3.63, 3.8) is 0 Å². The van der Waals surface area contributed by atoms with Crippen molar-refractivity contribution >= 4 is 37.4 Å². The standard InChI is InChI=1S/C9H13ClN2O5S2/c1-11-7-4-6(10)8(19(15,16)17)5-9(7)18(13,14)12(2)3/h4-5,11H,1-3H3,(H,15,16,17). The molecule has 0 amide bonds. The van der Waals surface area contributed by atoms with Crippen molar-refractivity contribution in [2.45, 2.75) is 9.79 Å². The van der Waals surface area contributed by atoms with Gasteiger partial charge in [0.1, 0.15) is 9.79 Å². The van der Waals surface area contributed by atoms with Crippen molar-refractivity contribution in [1.82, 2.24) is 4.31 Å². The van der Waals surface area contributed by atoms with Gasteiger partial charge in [0.15, 0.2) is 0 Å². The molecule has 10 heteroatoms. The van der Waals surface area contributed by atoms with Crippen molar-refractivity contribution in [1.29, 1.82) is 0 Å². The van der Waals surface area contributed by atoms with Gasteiger partial charge in [-0.15, -0.1) is 0 Å². The van der Waals surface area contributed by atoms with E-state index in [1.165, 1.54) is 21.1 Å². The zero-order chi connectivity index (χ0) is 15.0. The SMILES string of the molecule is CNc1cc(Cl)c(S(=O)(=O)O)cc1S(=O)(=O)N(C)C. The Morgan fingerprint density at radius 1 is 1.16 bits per heavy atom. The van der Waals surface area contributed by atoms with Gasteiger partial charge in [-0.05, 0) is 12.1 Å². The molecular weight excluding hydrogens is 316 g/mol. The van der Waals surface area contributed by atoms with Crippen LogP contribution in [0.5, 0.6) is 0 Å². The van der Waals surface area contributed by atoms with Gasteiger partial charge in [0.25, 0.3) is 10.1 Å². The number of hydrogen-bond acceptors (Lipinski definition) is 5. The molecular formula is C9H13ClN2O5S2. The molecule has 0 saturated heterocycles. The summed E-state index contributed by atoms with van der Waals surface area (Å²) in [5.41, 5.74) is 0.131. The molecule has 1 aromatic rings. The molecule has 0 atom stereocenters. The summed E-state index contributed by atoms with van der Waals surface area (Å²) in [6.07, 6.45) is 0. The van der Waals surface area contributed by atoms with Crippen LogP contribution in [-0.2, 0) is 20.1 Å². The van der Waals surface area contributed by atoms with E-state index in [9.17, 15) is 16.8 Å². The predicted molar refractivity (Wildman–Crippen MR) is 71.7 cm³/mol. The summed E-state index contributed by atoms with van der Waals surface area (Å²) in [4.78, 5) is -0.953. The second-order valence-corrected chi connectivity index (χ2v) is 7.71. The highest BCUT2D eigenvalue weighted by Gasteiger charge is 2.26. The Labute approximate surface area is 117 Å². The summed E-state index contributed by atoms with van der Waals surface area (Å²) in [6, 6.07) is 1.94. The maximum Gasteiger partial charge on any atom is 0.296 e. The largest absolute Gasteiger partial charge is 0.387 e. The van der Waals surface area contributed by atoms with Crippen LogP contribution in [0.3, 0.4) is 0 Å². The van der Waals surface area contributed by atoms with Crippen LogP contribution < -0.4 is 5.32 Å². The summed E-state index contributed by atoms with van der Waals surface area (Å²) < 4.78 is 56.4. The molecule has 19 heavy (non-hydrogen) atoms. The van der Waals surface area contributed by atoms with Gasteiger partial charge in [-0.25, -0.2) is 12.7 Å². The normalized spacial score (nSPS) is 12.7. The van der Waals surface area contributed by atoms with E-state index in [-0.39, 0.29) is 15.6 Å². The minimum absolute atomic E-state index is 0.131. The maximum absolute atomic E-state index is 12.1. The lowest BCUT2D eigenvalue weighted by Gasteiger charge is -2.16. The third kappa shape index (κ3) is 3.18. The number of hydrogen-bond donors (Lipinski definition) is 2. The van der Waals surface area contributed by atoms with Crippen LogP contribution in [0.2, 0.25) is 5.02 Å². The Morgan fingerprint density at radius 3 is 2.05 bits per heavy atom. The first kappa shape index (κ1) is 16.2. The number of sulfonamides is 1. The maximum atomic E-state index is 12.1. The lowest BCUT2D eigenvalue weighted by molar-refractivity contribution is 0.483. The number of anilines is 1. The number of benzene rings is 1. The van der Waals surface area contributed by atoms with Crippen LogP contribution in [0.1, 0.15) is 0 Å². The van der Waals surface area contributed by atoms with E-state index < -0.39 is 25.0 Å². The average Bonchev–Trinajstić information content (AvgIpc) is 2.26. The van der Waals surface area contributed by atoms with E-state index in [1.54, 1.807) is 0 Å². The zero-order valence-electron chi connectivity index (χ0n) is 10.4. The van der Waals surface area contributed by atoms with E-state index in [1.807, 2.05) is 0 Å². The fourth-order valence-corrected chi connectivity index (χ4v) is 3.54. The number of nitrogens with zero attached hydrogens (tertiary/aromatic N) is 1. The van der Waals surface area contributed by atoms with E-state index >= 15 is 0 Å². The first-order valence-electron chi connectivity index (χ1n) is 4.93. The van der Waals surface area contributed by atoms with Crippen molar-refractivity contribution < 1.29 is 21.4 Å². The van der Waals surface area contributed by atoms with Crippen molar-refractivity contribution in [3.05, 3.63) is 17.2 Å². The first-order chi connectivity index (χ1) is 8.51. The van der Waals surface area contributed by atoms with Crippen molar-refractivity contribution in [3.8, 4) is 0 Å². The molecule has 0 aliphatic heterocycles. The van der Waals surface area contributed by atoms with Gasteiger partial charge in [0.05, 0.1) is 10.7 Å². The Hall–Kier alpha value is -0.870. The summed E-state index contributed by atoms with van der Waals surface area (Å²) in [7, 11) is -4.42. The van der Waals surface area contributed by atoms with Gasteiger partial charge in [0.2, 0.25) is 10.0 Å². The molecule has 0 bridgehead atoms. The minimum atomic E-state index is -4.61. The molecule has 0 saturated carbocycles. The lowest BCUT2D eigenvalue weighted by Crippen LogP contribution is -2.23. The second-order valence-electron chi connectivity index (χ2n) is 3.79. The van der Waals surface area contributed by atoms with Crippen LogP contribution in [0.15, 0.2) is 21.9 Å². The first-order valence-corrected chi connectivity index (χ1v) is 8.19. The Balaban J connectivity index is 3.75. The molecule has 0 aliphatic rings. The second kappa shape index (κ2) is 5.25. The van der Waals surface area contributed by atoms with E-state index in [0.29, 0.717) is 0 Å². The molecule has 0 spiro atoms. The molecule has 0 aromatic heterocycles. The van der Waals surface area contributed by atoms with Crippen LogP contribution >= 0.6 is 11.6 Å². The summed E-state index contributed by atoms with van der Waals surface area (Å²) in [5.74, 6) is 0. The Morgan fingerprint density at radius 2 is 1.68 bits per heavy atom. The number of nitrogens with one attached hydrogen (secondary N) is 1. The molecule has 2 N–H and O–H groups in total. The Kier molecular flexibility index (Phi) is 4.47. The van der Waals surface area contributed by atoms with E-state index in [0.717, 1.165) is 16.4 Å². The highest BCUT2D eigenvalue weighted by molar-refractivity contribution is 7.89. The van der Waals surface area contributed by atoms with Gasteiger partial charge in [-0.1, -0.05) is 11.6 Å². The molecule has 1 rings (SSSR count). The quantitative estimate of drug-likeness (QED) is 0.795. The summed E-state index contributed by atoms with van der Waals surface area (Å²) in [5, 5.41) is 2.34. The number of halogens is 1. The van der Waals surface area contributed by atoms with E-state index in [4.69, 9.17) is 16.2 Å². The van der Waals surface area contributed by atoms with E-state index in [2.05, 4.69) is 5.32 Å². The van der Waals surface area contributed by atoms with Crippen LogP contribution in [0.25, 0.3) is 0 Å². The molecule has 0 unspecified atom stereocenters. The monoisotopic (exact) mass is 328 g/mol. The van der Waals surface area contributed by atoms with Crippen LogP contribution in [-0.4, -0.2) is 46.8 Å². The molecule has 7 nitrogen and oxygen atoms in total. The van der Waals surface area contributed by atoms with Crippen molar-refractivity contribution in [2.75, 3.05) is 26.5 Å². The highest BCUT2D eigenvalue weighted by Crippen LogP contribution is 2.32. The van der Waals surface area contributed by atoms with Gasteiger partial charge in [0, 0.05) is 21.1 Å². The topological polar surface area (TPSA) is 104 Å². The van der Waals surface area contributed by atoms with Gasteiger partial charge < -0.3 is 5.32 Å². The molecule has 0 fully saturated rings. The van der Waals surface area contributed by atoms with Gasteiger partial charge in [-0.3, -0.25) is 4.55 Å². The average molecular weight is 329 g/mol. The fourth-order valence-electron chi connectivity index (χ4n) is 1.34. The molecule has 108 valence electrons. The summed E-state index contributed by atoms with van der Waals surface area (Å²) in [6.45, 7) is 0. The molecule has 0 heterocycles. The Bertz CT molecular complexity index is 698. The predicted octanol–water partition coefficient (Wildman–Crippen LogP) is 0.879. The van der Waals surface area contributed by atoms with Crippen LogP contribution in [0, 0.1) is 0 Å². The lowest BCUT2D eigenvalue weighted by atomic mass is 10.3. The van der Waals surface area contributed by atoms with Crippen molar-refractivity contribution in [2.24, 2.45) is 0 Å². The number of rotatable bonds is 4. The third-order valence-electron chi connectivity index (χ3n) is 2.34. The summed E-state index contributed by atoms with van der Waals surface area (Å²) >= 11 is 5.71. The van der Waals surface area contributed by atoms with Gasteiger partial charge >= 0.3 is 0 Å². The zero-order valence-corrected chi connectivity index (χ0v) is 12.8. The molecule has 0 radical (unpaired) electrons.